The summed E-state index contributed by atoms with van der Waals surface area (Å²) in [5.74, 6) is 0. The number of hydrogen-bond acceptors (Lipinski definition) is 1. The van der Waals surface area contributed by atoms with Gasteiger partial charge >= 0.3 is 0 Å². The minimum Gasteiger partial charge on any atom is -0.357 e. The Morgan fingerprint density at radius 3 is 3.09 bits per heavy atom. The fraction of sp³-hybridized carbons (Fsp3) is 0.125. The van der Waals surface area contributed by atoms with Gasteiger partial charge in [-0.15, -0.1) is 0 Å². The van der Waals surface area contributed by atoms with E-state index < -0.39 is 0 Å². The van der Waals surface area contributed by atoms with Gasteiger partial charge in [0.2, 0.25) is 0 Å². The number of aryl methyl sites for hydroxylation is 1. The van der Waals surface area contributed by atoms with Crippen LogP contribution >= 0.6 is 15.9 Å². The van der Waals surface area contributed by atoms with Crippen LogP contribution in [0.4, 0.5) is 0 Å². The van der Waals surface area contributed by atoms with Gasteiger partial charge in [0.1, 0.15) is 4.60 Å². The second kappa shape index (κ2) is 2.34. The smallest absolute Gasteiger partial charge is 0.106 e. The van der Waals surface area contributed by atoms with Crippen molar-refractivity contribution in [2.45, 2.75) is 6.92 Å². The van der Waals surface area contributed by atoms with Crippen LogP contribution in [-0.4, -0.2) is 9.97 Å². The molecule has 0 fully saturated rings. The molecule has 2 rings (SSSR count). The van der Waals surface area contributed by atoms with E-state index in [0.717, 1.165) is 10.1 Å². The fourth-order valence-electron chi connectivity index (χ4n) is 1.15. The van der Waals surface area contributed by atoms with Gasteiger partial charge in [-0.05, 0) is 35.0 Å². The van der Waals surface area contributed by atoms with Crippen LogP contribution in [0.5, 0.6) is 0 Å². The lowest BCUT2D eigenvalue weighted by molar-refractivity contribution is 1.26. The molecule has 0 unspecified atom stereocenters. The topological polar surface area (TPSA) is 28.7 Å². The van der Waals surface area contributed by atoms with Crippen LogP contribution in [-0.2, 0) is 0 Å². The molecule has 0 aliphatic rings. The number of fused-ring (bicyclic) bond motifs is 1. The third-order valence-corrected chi connectivity index (χ3v) is 2.04. The first-order valence-electron chi connectivity index (χ1n) is 3.36. The summed E-state index contributed by atoms with van der Waals surface area (Å²) in [6.07, 6.45) is 1.83. The number of H-pyrrole nitrogens is 1. The molecule has 56 valence electrons. The van der Waals surface area contributed by atoms with Gasteiger partial charge in [-0.2, -0.15) is 0 Å². The number of pyridine rings is 1. The highest BCUT2D eigenvalue weighted by atomic mass is 79.9. The Bertz CT molecular complexity index is 392. The molecule has 2 nitrogen and oxygen atoms in total. The minimum atomic E-state index is 0.879. The van der Waals surface area contributed by atoms with Gasteiger partial charge in [0, 0.05) is 11.1 Å². The molecule has 2 aromatic heterocycles. The van der Waals surface area contributed by atoms with Crippen LogP contribution in [0.15, 0.2) is 22.9 Å². The lowest BCUT2D eigenvalue weighted by atomic mass is 10.3. The van der Waals surface area contributed by atoms with E-state index in [2.05, 4.69) is 32.0 Å². The summed E-state index contributed by atoms with van der Waals surface area (Å²) >= 11 is 3.32. The summed E-state index contributed by atoms with van der Waals surface area (Å²) in [7, 11) is 0. The van der Waals surface area contributed by atoms with Crippen molar-refractivity contribution in [3.63, 3.8) is 0 Å². The Hall–Kier alpha value is -0.830. The summed E-state index contributed by atoms with van der Waals surface area (Å²) < 4.78 is 0.879. The van der Waals surface area contributed by atoms with Crippen molar-refractivity contribution in [3.8, 4) is 0 Å². The second-order valence-electron chi connectivity index (χ2n) is 2.55. The van der Waals surface area contributed by atoms with Crippen molar-refractivity contribution >= 4 is 26.8 Å². The van der Waals surface area contributed by atoms with Gasteiger partial charge in [0.05, 0.1) is 11.7 Å². The Balaban J connectivity index is 2.82. The van der Waals surface area contributed by atoms with Crippen LogP contribution in [0.25, 0.3) is 10.9 Å². The van der Waals surface area contributed by atoms with E-state index in [1.807, 2.05) is 19.2 Å². The highest BCUT2D eigenvalue weighted by molar-refractivity contribution is 9.10. The maximum Gasteiger partial charge on any atom is 0.106 e. The Kier molecular flexibility index (Phi) is 1.46. The summed E-state index contributed by atoms with van der Waals surface area (Å²) in [5, 5.41) is 1.20. The zero-order valence-corrected chi connectivity index (χ0v) is 7.64. The van der Waals surface area contributed by atoms with Gasteiger partial charge in [0.15, 0.2) is 0 Å². The van der Waals surface area contributed by atoms with E-state index in [-0.39, 0.29) is 0 Å². The Morgan fingerprint density at radius 2 is 2.27 bits per heavy atom. The van der Waals surface area contributed by atoms with Crippen molar-refractivity contribution in [2.24, 2.45) is 0 Å². The predicted molar refractivity (Wildman–Crippen MR) is 48.5 cm³/mol. The molecule has 0 bridgehead atoms. The molecule has 0 aliphatic carbocycles. The standard InChI is InChI=1S/C8H7BrN2/c1-5-2-6-3-8(9)10-4-7(6)11-5/h2-4,11H,1H3. The number of halogens is 1. The van der Waals surface area contributed by atoms with Crippen molar-refractivity contribution in [3.05, 3.63) is 28.6 Å². The van der Waals surface area contributed by atoms with Gasteiger partial charge in [0.25, 0.3) is 0 Å². The first kappa shape index (κ1) is 6.85. The number of rotatable bonds is 0. The Morgan fingerprint density at radius 1 is 1.45 bits per heavy atom. The molecule has 3 heteroatoms. The van der Waals surface area contributed by atoms with Crippen LogP contribution < -0.4 is 0 Å². The van der Waals surface area contributed by atoms with Crippen LogP contribution in [0, 0.1) is 6.92 Å². The van der Waals surface area contributed by atoms with Gasteiger partial charge < -0.3 is 4.98 Å². The van der Waals surface area contributed by atoms with Crippen molar-refractivity contribution in [1.29, 1.82) is 0 Å². The molecule has 0 amide bonds. The maximum atomic E-state index is 4.11. The number of nitrogens with zero attached hydrogens (tertiary/aromatic N) is 1. The third kappa shape index (κ3) is 1.16. The largest absolute Gasteiger partial charge is 0.357 e. The molecule has 0 atom stereocenters. The molecule has 1 N–H and O–H groups in total. The first-order valence-corrected chi connectivity index (χ1v) is 4.16. The SMILES string of the molecule is Cc1cc2cc(Br)ncc2[nH]1. The van der Waals surface area contributed by atoms with E-state index in [4.69, 9.17) is 0 Å². The lowest BCUT2D eigenvalue weighted by Gasteiger charge is -1.88. The molecule has 0 saturated heterocycles. The monoisotopic (exact) mass is 210 g/mol. The molecule has 0 radical (unpaired) electrons. The summed E-state index contributed by atoms with van der Waals surface area (Å²) in [5.41, 5.74) is 2.26. The molecular formula is C8H7BrN2. The number of aromatic amines is 1. The fourth-order valence-corrected chi connectivity index (χ4v) is 1.50. The van der Waals surface area contributed by atoms with Gasteiger partial charge in [-0.1, -0.05) is 0 Å². The quantitative estimate of drug-likeness (QED) is 0.666. The highest BCUT2D eigenvalue weighted by Crippen LogP contribution is 2.17. The van der Waals surface area contributed by atoms with Crippen molar-refractivity contribution < 1.29 is 0 Å². The predicted octanol–water partition coefficient (Wildman–Crippen LogP) is 2.63. The average Bonchev–Trinajstić information content (AvgIpc) is 2.27. The van der Waals surface area contributed by atoms with Gasteiger partial charge in [-0.3, -0.25) is 0 Å². The molecule has 0 aromatic carbocycles. The summed E-state index contributed by atoms with van der Waals surface area (Å²) in [6, 6.07) is 4.10. The summed E-state index contributed by atoms with van der Waals surface area (Å²) in [4.78, 5) is 7.31. The third-order valence-electron chi connectivity index (χ3n) is 1.61. The number of hydrogen-bond donors (Lipinski definition) is 1. The average molecular weight is 211 g/mol. The van der Waals surface area contributed by atoms with E-state index in [1.165, 1.54) is 11.1 Å². The normalized spacial score (nSPS) is 10.7. The number of nitrogens with one attached hydrogen (secondary N) is 1. The maximum absolute atomic E-state index is 4.11. The van der Waals surface area contributed by atoms with Crippen molar-refractivity contribution in [2.75, 3.05) is 0 Å². The molecule has 0 aliphatic heterocycles. The lowest BCUT2D eigenvalue weighted by Crippen LogP contribution is -1.73. The first-order chi connectivity index (χ1) is 5.25. The molecular weight excluding hydrogens is 204 g/mol. The van der Waals surface area contributed by atoms with E-state index in [0.29, 0.717) is 0 Å². The van der Waals surface area contributed by atoms with Crippen molar-refractivity contribution in [1.82, 2.24) is 9.97 Å². The zero-order chi connectivity index (χ0) is 7.84. The minimum absolute atomic E-state index is 0.879. The number of aromatic nitrogens is 2. The zero-order valence-electron chi connectivity index (χ0n) is 6.06. The highest BCUT2D eigenvalue weighted by Gasteiger charge is 1.97. The molecule has 0 saturated carbocycles. The van der Waals surface area contributed by atoms with Crippen LogP contribution in [0.2, 0.25) is 0 Å². The van der Waals surface area contributed by atoms with Gasteiger partial charge in [-0.25, -0.2) is 4.98 Å². The second-order valence-corrected chi connectivity index (χ2v) is 3.36. The molecule has 2 heterocycles. The van der Waals surface area contributed by atoms with Crippen LogP contribution in [0.3, 0.4) is 0 Å². The van der Waals surface area contributed by atoms with E-state index in [1.54, 1.807) is 0 Å². The van der Waals surface area contributed by atoms with Crippen LogP contribution in [0.1, 0.15) is 5.69 Å². The summed E-state index contributed by atoms with van der Waals surface area (Å²) in [6.45, 7) is 2.04. The molecule has 2 aromatic rings. The Labute approximate surface area is 72.8 Å². The van der Waals surface area contributed by atoms with E-state index in [9.17, 15) is 0 Å². The molecule has 11 heavy (non-hydrogen) atoms. The van der Waals surface area contributed by atoms with E-state index >= 15 is 0 Å². The molecule has 0 spiro atoms.